The molecule has 10 nitrogen and oxygen atoms in total. The number of methoxy groups -OCH3 is 1. The molecule has 0 spiro atoms. The number of rotatable bonds is 7. The fourth-order valence-electron chi connectivity index (χ4n) is 4.15. The highest BCUT2D eigenvalue weighted by molar-refractivity contribution is 5.99. The molecule has 0 aliphatic carbocycles. The summed E-state index contributed by atoms with van der Waals surface area (Å²) in [7, 11) is 1.58. The molecule has 38 heavy (non-hydrogen) atoms. The number of esters is 1. The van der Waals surface area contributed by atoms with Gasteiger partial charge in [-0.1, -0.05) is 24.3 Å². The first-order chi connectivity index (χ1) is 18.1. The first kappa shape index (κ1) is 26.7. The lowest BCUT2D eigenvalue weighted by Gasteiger charge is -2.22. The van der Waals surface area contributed by atoms with Crippen molar-refractivity contribution in [3.8, 4) is 16.9 Å². The number of ether oxygens (including phenoxy) is 3. The molecular formula is C28H32N4O6. The molecule has 4 rings (SSSR count). The van der Waals surface area contributed by atoms with Gasteiger partial charge in [0.2, 0.25) is 0 Å². The average Bonchev–Trinajstić information content (AvgIpc) is 3.49. The normalized spacial score (nSPS) is 15.5. The summed E-state index contributed by atoms with van der Waals surface area (Å²) in [5.41, 5.74) is 2.38. The number of hydrogen-bond donors (Lipinski definition) is 0. The summed E-state index contributed by atoms with van der Waals surface area (Å²) in [6, 6.07) is 13.6. The SMILES string of the molecule is CCOC(=O)C1CN(c2ccc(-c3cnn(C(=O)OC(C)(C)C)c3)cc2)C(=O)N1Cc1cccc(OC)c1. The highest BCUT2D eigenvalue weighted by atomic mass is 16.6. The summed E-state index contributed by atoms with van der Waals surface area (Å²) >= 11 is 0. The van der Waals surface area contributed by atoms with Crippen molar-refractivity contribution in [1.82, 2.24) is 14.7 Å². The molecule has 0 N–H and O–H groups in total. The zero-order chi connectivity index (χ0) is 27.4. The van der Waals surface area contributed by atoms with E-state index in [1.165, 1.54) is 4.90 Å². The summed E-state index contributed by atoms with van der Waals surface area (Å²) in [6.45, 7) is 7.73. The lowest BCUT2D eigenvalue weighted by atomic mass is 10.1. The Hall–Kier alpha value is -4.34. The number of carbonyl (C=O) groups is 3. The van der Waals surface area contributed by atoms with Gasteiger partial charge in [-0.15, -0.1) is 0 Å². The van der Waals surface area contributed by atoms with Gasteiger partial charge in [-0.25, -0.2) is 14.4 Å². The summed E-state index contributed by atoms with van der Waals surface area (Å²) in [5, 5.41) is 4.11. The molecule has 1 aromatic heterocycles. The zero-order valence-corrected chi connectivity index (χ0v) is 22.2. The fraction of sp³-hybridized carbons (Fsp3) is 0.357. The number of carbonyl (C=O) groups excluding carboxylic acids is 3. The van der Waals surface area contributed by atoms with Crippen molar-refractivity contribution in [3.05, 3.63) is 66.5 Å². The van der Waals surface area contributed by atoms with E-state index < -0.39 is 23.7 Å². The predicted octanol–water partition coefficient (Wildman–Crippen LogP) is 4.72. The molecule has 0 saturated carbocycles. The predicted molar refractivity (Wildman–Crippen MR) is 141 cm³/mol. The van der Waals surface area contributed by atoms with E-state index in [1.54, 1.807) is 64.2 Å². The number of hydrogen-bond acceptors (Lipinski definition) is 7. The Kier molecular flexibility index (Phi) is 7.70. The molecule has 2 heterocycles. The lowest BCUT2D eigenvalue weighted by Crippen LogP contribution is -2.40. The van der Waals surface area contributed by atoms with Crippen LogP contribution in [0.3, 0.4) is 0 Å². The van der Waals surface area contributed by atoms with E-state index in [4.69, 9.17) is 14.2 Å². The van der Waals surface area contributed by atoms with E-state index >= 15 is 0 Å². The summed E-state index contributed by atoms with van der Waals surface area (Å²) in [6.07, 6.45) is 2.60. The maximum Gasteiger partial charge on any atom is 0.435 e. The summed E-state index contributed by atoms with van der Waals surface area (Å²) in [5.74, 6) is 0.224. The summed E-state index contributed by atoms with van der Waals surface area (Å²) in [4.78, 5) is 41.6. The highest BCUT2D eigenvalue weighted by Gasteiger charge is 2.43. The first-order valence-corrected chi connectivity index (χ1v) is 12.4. The van der Waals surface area contributed by atoms with Crippen LogP contribution >= 0.6 is 0 Å². The molecular weight excluding hydrogens is 488 g/mol. The number of aromatic nitrogens is 2. The monoisotopic (exact) mass is 520 g/mol. The molecule has 1 unspecified atom stereocenters. The smallest absolute Gasteiger partial charge is 0.435 e. The highest BCUT2D eigenvalue weighted by Crippen LogP contribution is 2.29. The van der Waals surface area contributed by atoms with Crippen LogP contribution in [0.4, 0.5) is 15.3 Å². The molecule has 1 aliphatic heterocycles. The van der Waals surface area contributed by atoms with Crippen molar-refractivity contribution in [2.75, 3.05) is 25.2 Å². The number of amides is 2. The lowest BCUT2D eigenvalue weighted by molar-refractivity contribution is -0.147. The van der Waals surface area contributed by atoms with Crippen LogP contribution in [0.1, 0.15) is 33.3 Å². The van der Waals surface area contributed by atoms with Crippen molar-refractivity contribution in [2.45, 2.75) is 45.9 Å². The van der Waals surface area contributed by atoms with Crippen LogP contribution in [0.2, 0.25) is 0 Å². The Morgan fingerprint density at radius 2 is 1.82 bits per heavy atom. The van der Waals surface area contributed by atoms with Gasteiger partial charge in [-0.05, 0) is 63.1 Å². The molecule has 200 valence electrons. The number of anilines is 1. The van der Waals surface area contributed by atoms with Crippen LogP contribution in [0, 0.1) is 0 Å². The molecule has 2 amide bonds. The van der Waals surface area contributed by atoms with E-state index in [1.807, 2.05) is 36.4 Å². The largest absolute Gasteiger partial charge is 0.497 e. The molecule has 1 aliphatic rings. The van der Waals surface area contributed by atoms with Gasteiger partial charge in [-0.3, -0.25) is 4.90 Å². The van der Waals surface area contributed by atoms with Crippen LogP contribution in [0.25, 0.3) is 11.1 Å². The van der Waals surface area contributed by atoms with Crippen LogP contribution in [0.15, 0.2) is 60.9 Å². The minimum absolute atomic E-state index is 0.164. The third kappa shape index (κ3) is 5.96. The van der Waals surface area contributed by atoms with Crippen molar-refractivity contribution in [2.24, 2.45) is 0 Å². The van der Waals surface area contributed by atoms with Crippen LogP contribution < -0.4 is 9.64 Å². The minimum Gasteiger partial charge on any atom is -0.497 e. The average molecular weight is 521 g/mol. The minimum atomic E-state index is -0.750. The Labute approximate surface area is 221 Å². The third-order valence-corrected chi connectivity index (χ3v) is 5.93. The van der Waals surface area contributed by atoms with Crippen molar-refractivity contribution in [3.63, 3.8) is 0 Å². The van der Waals surface area contributed by atoms with Crippen molar-refractivity contribution in [1.29, 1.82) is 0 Å². The Balaban J connectivity index is 1.53. The van der Waals surface area contributed by atoms with Gasteiger partial charge in [0, 0.05) is 24.0 Å². The molecule has 10 heteroatoms. The topological polar surface area (TPSA) is 103 Å². The number of nitrogens with zero attached hydrogens (tertiary/aromatic N) is 4. The van der Waals surface area contributed by atoms with E-state index in [0.717, 1.165) is 21.4 Å². The third-order valence-electron chi connectivity index (χ3n) is 5.93. The van der Waals surface area contributed by atoms with Gasteiger partial charge in [0.1, 0.15) is 17.4 Å². The first-order valence-electron chi connectivity index (χ1n) is 12.4. The van der Waals surface area contributed by atoms with Gasteiger partial charge < -0.3 is 19.1 Å². The van der Waals surface area contributed by atoms with Gasteiger partial charge in [0.15, 0.2) is 0 Å². The Morgan fingerprint density at radius 1 is 1.08 bits per heavy atom. The van der Waals surface area contributed by atoms with Crippen LogP contribution in [-0.4, -0.2) is 64.7 Å². The van der Waals surface area contributed by atoms with Gasteiger partial charge in [-0.2, -0.15) is 9.78 Å². The molecule has 2 aromatic carbocycles. The maximum absolute atomic E-state index is 13.5. The quantitative estimate of drug-likeness (QED) is 0.416. The fourth-order valence-corrected chi connectivity index (χ4v) is 4.15. The zero-order valence-electron chi connectivity index (χ0n) is 22.2. The molecule has 1 saturated heterocycles. The second-order valence-electron chi connectivity index (χ2n) is 9.84. The van der Waals surface area contributed by atoms with E-state index in [2.05, 4.69) is 5.10 Å². The van der Waals surface area contributed by atoms with Gasteiger partial charge in [0.25, 0.3) is 0 Å². The number of urea groups is 1. The Morgan fingerprint density at radius 3 is 2.47 bits per heavy atom. The van der Waals surface area contributed by atoms with Gasteiger partial charge in [0.05, 0.1) is 26.5 Å². The standard InChI is InChI=1S/C28H32N4O6/c1-6-37-25(33)24-18-30(26(34)31(24)16-19-8-7-9-23(14-19)36-5)22-12-10-20(11-13-22)21-15-29-32(17-21)27(35)38-28(2,3)4/h7-15,17,24H,6,16,18H2,1-5H3. The van der Waals surface area contributed by atoms with Crippen LogP contribution in [0.5, 0.6) is 5.75 Å². The van der Waals surface area contributed by atoms with Gasteiger partial charge >= 0.3 is 18.1 Å². The molecule has 0 radical (unpaired) electrons. The number of benzene rings is 2. The van der Waals surface area contributed by atoms with Crippen LogP contribution in [-0.2, 0) is 20.8 Å². The second kappa shape index (κ2) is 11.0. The summed E-state index contributed by atoms with van der Waals surface area (Å²) < 4.78 is 17.1. The maximum atomic E-state index is 13.5. The molecule has 1 fully saturated rings. The second-order valence-corrected chi connectivity index (χ2v) is 9.84. The molecule has 1 atom stereocenters. The molecule has 0 bridgehead atoms. The van der Waals surface area contributed by atoms with E-state index in [9.17, 15) is 14.4 Å². The Bertz CT molecular complexity index is 1310. The molecule has 3 aromatic rings. The van der Waals surface area contributed by atoms with Crippen molar-refractivity contribution < 1.29 is 28.6 Å². The van der Waals surface area contributed by atoms with E-state index in [-0.39, 0.29) is 25.7 Å². The van der Waals surface area contributed by atoms with Crippen molar-refractivity contribution >= 4 is 23.8 Å². The van der Waals surface area contributed by atoms with E-state index in [0.29, 0.717) is 11.4 Å².